The van der Waals surface area contributed by atoms with E-state index in [1.165, 1.54) is 44.5 Å². The molecule has 0 bridgehead atoms. The molecule has 3 rings (SSSR count). The third-order valence-electron chi connectivity index (χ3n) is 5.50. The van der Waals surface area contributed by atoms with Crippen molar-refractivity contribution in [2.75, 3.05) is 18.8 Å². The van der Waals surface area contributed by atoms with Crippen molar-refractivity contribution in [3.8, 4) is 0 Å². The van der Waals surface area contributed by atoms with E-state index >= 15 is 0 Å². The zero-order chi connectivity index (χ0) is 11.9. The Morgan fingerprint density at radius 3 is 2.76 bits per heavy atom. The van der Waals surface area contributed by atoms with Crippen molar-refractivity contribution >= 4 is 11.8 Å². The van der Waals surface area contributed by atoms with E-state index in [2.05, 4.69) is 25.6 Å². The van der Waals surface area contributed by atoms with E-state index in [0.717, 1.165) is 23.3 Å². The third-order valence-corrected chi connectivity index (χ3v) is 6.79. The molecule has 0 aromatic heterocycles. The number of thioether (sulfide) groups is 1. The maximum absolute atomic E-state index is 2.45. The first kappa shape index (κ1) is 12.3. The smallest absolute Gasteiger partial charge is 0.140 e. The largest absolute Gasteiger partial charge is 0.309 e. The lowest BCUT2D eigenvalue weighted by molar-refractivity contribution is -0.850. The van der Waals surface area contributed by atoms with Crippen LogP contribution in [0.25, 0.3) is 0 Å². The molecule has 3 fully saturated rings. The van der Waals surface area contributed by atoms with E-state index < -0.39 is 0 Å². The van der Waals surface area contributed by atoms with Gasteiger partial charge in [0.15, 0.2) is 0 Å². The summed E-state index contributed by atoms with van der Waals surface area (Å²) in [6.07, 6.45) is 8.99. The quantitative estimate of drug-likeness (QED) is 0.547. The van der Waals surface area contributed by atoms with Gasteiger partial charge in [0.05, 0.1) is 12.6 Å². The Kier molecular flexibility index (Phi) is 3.47. The van der Waals surface area contributed by atoms with Crippen molar-refractivity contribution < 1.29 is 4.48 Å². The van der Waals surface area contributed by atoms with Crippen LogP contribution in [-0.2, 0) is 0 Å². The number of nitrogens with zero attached hydrogens (tertiary/aromatic N) is 1. The molecule has 0 spiro atoms. The minimum atomic E-state index is 0.923. The van der Waals surface area contributed by atoms with Gasteiger partial charge in [-0.05, 0) is 11.7 Å². The molecule has 98 valence electrons. The molecule has 3 unspecified atom stereocenters. The molecular formula is C15H28NS+. The molecule has 0 N–H and O–H groups in total. The zero-order valence-electron chi connectivity index (χ0n) is 11.5. The zero-order valence-corrected chi connectivity index (χ0v) is 12.3. The highest BCUT2D eigenvalue weighted by Gasteiger charge is 2.61. The summed E-state index contributed by atoms with van der Waals surface area (Å²) in [5, 5.41) is 0.923. The van der Waals surface area contributed by atoms with Crippen LogP contribution in [-0.4, -0.2) is 40.7 Å². The molecule has 0 radical (unpaired) electrons. The standard InChI is InChI=1S/C15H28NS/c1-3-5-13-9-14(10-13)16-6-4-7-17-12(2)8-15(16)11-16/h12-15H,3-11H2,1-2H3/q+1. The number of rotatable bonds is 3. The van der Waals surface area contributed by atoms with Crippen molar-refractivity contribution in [2.24, 2.45) is 5.92 Å². The molecule has 2 aliphatic heterocycles. The van der Waals surface area contributed by atoms with Gasteiger partial charge in [-0.2, -0.15) is 11.8 Å². The summed E-state index contributed by atoms with van der Waals surface area (Å²) in [7, 11) is 0. The van der Waals surface area contributed by atoms with E-state index in [4.69, 9.17) is 0 Å². The summed E-state index contributed by atoms with van der Waals surface area (Å²) in [6, 6.07) is 2.14. The van der Waals surface area contributed by atoms with Gasteiger partial charge < -0.3 is 4.48 Å². The normalized spacial score (nSPS) is 49.8. The third kappa shape index (κ3) is 2.28. The number of fused-ring (bicyclic) bond motifs is 1. The number of hydrogen-bond donors (Lipinski definition) is 0. The Bertz CT molecular complexity index is 274. The van der Waals surface area contributed by atoms with E-state index in [1.54, 1.807) is 17.3 Å². The fraction of sp³-hybridized carbons (Fsp3) is 1.00. The summed E-state index contributed by atoms with van der Waals surface area (Å²) in [4.78, 5) is 0. The van der Waals surface area contributed by atoms with Gasteiger partial charge in [-0.15, -0.1) is 0 Å². The maximum atomic E-state index is 2.45. The predicted molar refractivity (Wildman–Crippen MR) is 76.4 cm³/mol. The average molecular weight is 254 g/mol. The summed E-state index contributed by atoms with van der Waals surface area (Å²) >= 11 is 2.22. The van der Waals surface area contributed by atoms with Crippen LogP contribution in [0, 0.1) is 5.92 Å². The number of quaternary nitrogens is 1. The van der Waals surface area contributed by atoms with Gasteiger partial charge in [0.1, 0.15) is 12.6 Å². The number of hydrogen-bond acceptors (Lipinski definition) is 1. The fourth-order valence-electron chi connectivity index (χ4n) is 4.39. The summed E-state index contributed by atoms with van der Waals surface area (Å²) in [5.74, 6) is 2.51. The van der Waals surface area contributed by atoms with Gasteiger partial charge in [-0.3, -0.25) is 0 Å². The Morgan fingerprint density at radius 1 is 1.18 bits per heavy atom. The molecule has 17 heavy (non-hydrogen) atoms. The second-order valence-corrected chi connectivity index (χ2v) is 8.26. The van der Waals surface area contributed by atoms with E-state index in [-0.39, 0.29) is 0 Å². The summed E-state index contributed by atoms with van der Waals surface area (Å²) in [6.45, 7) is 7.83. The van der Waals surface area contributed by atoms with Gasteiger partial charge in [0.25, 0.3) is 0 Å². The van der Waals surface area contributed by atoms with Gasteiger partial charge >= 0.3 is 0 Å². The molecule has 3 aliphatic rings. The molecule has 1 saturated carbocycles. The first-order valence-corrected chi connectivity index (χ1v) is 8.77. The summed E-state index contributed by atoms with van der Waals surface area (Å²) < 4.78 is 1.56. The van der Waals surface area contributed by atoms with Crippen molar-refractivity contribution in [3.05, 3.63) is 0 Å². The van der Waals surface area contributed by atoms with Crippen LogP contribution in [0.4, 0.5) is 0 Å². The second kappa shape index (κ2) is 4.77. The molecule has 2 heteroatoms. The Labute approximate surface area is 111 Å². The fourth-order valence-corrected chi connectivity index (χ4v) is 5.45. The first-order chi connectivity index (χ1) is 8.24. The van der Waals surface area contributed by atoms with E-state index in [1.807, 2.05) is 0 Å². The Hall–Kier alpha value is 0.310. The van der Waals surface area contributed by atoms with Crippen LogP contribution in [0.2, 0.25) is 0 Å². The van der Waals surface area contributed by atoms with E-state index in [0.29, 0.717) is 0 Å². The van der Waals surface area contributed by atoms with Crippen LogP contribution in [0.15, 0.2) is 0 Å². The molecular weight excluding hydrogens is 226 g/mol. The highest BCUT2D eigenvalue weighted by Crippen LogP contribution is 2.50. The maximum Gasteiger partial charge on any atom is 0.140 e. The van der Waals surface area contributed by atoms with Crippen LogP contribution >= 0.6 is 11.8 Å². The Balaban J connectivity index is 1.56. The lowest BCUT2D eigenvalue weighted by atomic mass is 9.76. The van der Waals surface area contributed by atoms with Crippen LogP contribution in [0.5, 0.6) is 0 Å². The Morgan fingerprint density at radius 2 is 2.00 bits per heavy atom. The predicted octanol–water partition coefficient (Wildman–Crippen LogP) is 3.68. The van der Waals surface area contributed by atoms with Crippen LogP contribution in [0.3, 0.4) is 0 Å². The van der Waals surface area contributed by atoms with Crippen LogP contribution in [0.1, 0.15) is 52.4 Å². The monoisotopic (exact) mass is 254 g/mol. The molecule has 0 aromatic rings. The van der Waals surface area contributed by atoms with Crippen molar-refractivity contribution in [1.82, 2.24) is 0 Å². The minimum absolute atomic E-state index is 0.923. The molecule has 0 amide bonds. The van der Waals surface area contributed by atoms with Crippen molar-refractivity contribution in [1.29, 1.82) is 0 Å². The molecule has 0 aromatic carbocycles. The van der Waals surface area contributed by atoms with Gasteiger partial charge in [-0.25, -0.2) is 0 Å². The van der Waals surface area contributed by atoms with Crippen molar-refractivity contribution in [3.63, 3.8) is 0 Å². The van der Waals surface area contributed by atoms with E-state index in [9.17, 15) is 0 Å². The lowest BCUT2D eigenvalue weighted by Crippen LogP contribution is -2.49. The molecule has 1 nitrogen and oxygen atoms in total. The molecule has 2 heterocycles. The van der Waals surface area contributed by atoms with Crippen molar-refractivity contribution in [2.45, 2.75) is 69.7 Å². The van der Waals surface area contributed by atoms with Crippen LogP contribution < -0.4 is 0 Å². The topological polar surface area (TPSA) is 0 Å². The average Bonchev–Trinajstić information content (AvgIpc) is 2.88. The molecule has 1 aliphatic carbocycles. The first-order valence-electron chi connectivity index (χ1n) is 7.72. The highest BCUT2D eigenvalue weighted by molar-refractivity contribution is 7.99. The van der Waals surface area contributed by atoms with Gasteiger partial charge in [0.2, 0.25) is 0 Å². The van der Waals surface area contributed by atoms with Gasteiger partial charge in [-0.1, -0.05) is 26.7 Å². The summed E-state index contributed by atoms with van der Waals surface area (Å²) in [5.41, 5.74) is 0. The van der Waals surface area contributed by atoms with Gasteiger partial charge in [0, 0.05) is 30.9 Å². The minimum Gasteiger partial charge on any atom is -0.309 e. The SMILES string of the molecule is CCCC1CC([N+]23CCCSC(C)CC2C3)C1. The lowest BCUT2D eigenvalue weighted by Gasteiger charge is -2.42. The molecule has 2 saturated heterocycles. The highest BCUT2D eigenvalue weighted by atomic mass is 32.2. The second-order valence-electron chi connectivity index (χ2n) is 6.71. The molecule has 3 atom stereocenters.